The van der Waals surface area contributed by atoms with Crippen LogP contribution >= 0.6 is 15.9 Å². The number of allylic oxidation sites excluding steroid dienone is 2. The molecule has 0 spiro atoms. The Morgan fingerprint density at radius 2 is 1.81 bits per heavy atom. The Hall–Kier alpha value is -2.45. The van der Waals surface area contributed by atoms with Gasteiger partial charge in [-0.15, -0.1) is 0 Å². The summed E-state index contributed by atoms with van der Waals surface area (Å²) in [6.45, 7) is 3.36. The maximum absolute atomic E-state index is 12.0. The number of hydrogen-bond donors (Lipinski definition) is 2. The molecule has 0 fully saturated rings. The molecule has 7 nitrogen and oxygen atoms in total. The Bertz CT molecular complexity index is 994. The molecular formula is C23H28BrNO6. The van der Waals surface area contributed by atoms with Crippen molar-refractivity contribution in [1.82, 2.24) is 5.32 Å². The zero-order chi connectivity index (χ0) is 22.9. The van der Waals surface area contributed by atoms with Crippen molar-refractivity contribution >= 4 is 27.4 Å². The van der Waals surface area contributed by atoms with E-state index in [9.17, 15) is 9.90 Å². The highest BCUT2D eigenvalue weighted by Gasteiger charge is 2.36. The normalized spacial score (nSPS) is 20.7. The number of fused-ring (bicyclic) bond motifs is 3. The number of ether oxygens (including phenoxy) is 4. The number of halogens is 1. The van der Waals surface area contributed by atoms with Gasteiger partial charge in [0, 0.05) is 17.0 Å². The first-order chi connectivity index (χ1) is 14.8. The van der Waals surface area contributed by atoms with Gasteiger partial charge in [-0.1, -0.05) is 15.9 Å². The number of methoxy groups -OCH3 is 4. The number of benzene rings is 1. The molecule has 31 heavy (non-hydrogen) atoms. The highest BCUT2D eigenvalue weighted by atomic mass is 79.9. The lowest BCUT2D eigenvalue weighted by atomic mass is 9.90. The predicted octanol–water partition coefficient (Wildman–Crippen LogP) is 3.49. The van der Waals surface area contributed by atoms with Gasteiger partial charge in [-0.25, -0.2) is 0 Å². The largest absolute Gasteiger partial charge is 0.498 e. The smallest absolute Gasteiger partial charge is 0.217 e. The number of nitrogens with one attached hydrogen (secondary N) is 1. The molecule has 0 aromatic heterocycles. The topological polar surface area (TPSA) is 86.3 Å². The molecule has 2 aliphatic rings. The third-order valence-electron chi connectivity index (χ3n) is 5.61. The van der Waals surface area contributed by atoms with Crippen molar-refractivity contribution in [3.63, 3.8) is 0 Å². The van der Waals surface area contributed by atoms with E-state index in [-0.39, 0.29) is 11.9 Å². The fraction of sp³-hybridized carbons (Fsp3) is 0.435. The number of aryl methyl sites for hydroxylation is 1. The number of aliphatic hydroxyl groups is 1. The average Bonchev–Trinajstić information content (AvgIpc) is 2.93. The molecule has 0 saturated carbocycles. The van der Waals surface area contributed by atoms with Crippen molar-refractivity contribution in [2.75, 3.05) is 28.4 Å². The molecule has 0 radical (unpaired) electrons. The third kappa shape index (κ3) is 4.06. The molecule has 2 N–H and O–H groups in total. The van der Waals surface area contributed by atoms with Gasteiger partial charge in [0.1, 0.15) is 11.9 Å². The van der Waals surface area contributed by atoms with Crippen molar-refractivity contribution < 1.29 is 28.8 Å². The van der Waals surface area contributed by atoms with Crippen molar-refractivity contribution in [3.8, 4) is 17.2 Å². The minimum atomic E-state index is -1.00. The van der Waals surface area contributed by atoms with Crippen molar-refractivity contribution in [3.05, 3.63) is 44.7 Å². The summed E-state index contributed by atoms with van der Waals surface area (Å²) >= 11 is 3.61. The molecule has 168 valence electrons. The molecule has 1 amide bonds. The van der Waals surface area contributed by atoms with E-state index in [1.54, 1.807) is 21.3 Å². The lowest BCUT2D eigenvalue weighted by molar-refractivity contribution is -0.119. The standard InChI is InChI=1S/C23H28BrNO6/c1-11-9-14-17-13(10-16(28-3)22(30-5)23(17)31-6)7-8-15(25-12(2)26)18(14)19(24)20(27)21(11)29-4/h9-10,15,20,27H,7-8H2,1-6H3,(H,25,26)/t15-,20?/m0/s1. The maximum Gasteiger partial charge on any atom is 0.217 e. The molecule has 0 bridgehead atoms. The number of aliphatic hydroxyl groups excluding tert-OH is 1. The Morgan fingerprint density at radius 3 is 2.35 bits per heavy atom. The van der Waals surface area contributed by atoms with Crippen LogP contribution in [0.5, 0.6) is 17.2 Å². The zero-order valence-corrected chi connectivity index (χ0v) is 20.2. The van der Waals surface area contributed by atoms with E-state index in [1.165, 1.54) is 14.0 Å². The summed E-state index contributed by atoms with van der Waals surface area (Å²) in [5, 5.41) is 14.1. The summed E-state index contributed by atoms with van der Waals surface area (Å²) < 4.78 is 23.0. The van der Waals surface area contributed by atoms with Gasteiger partial charge >= 0.3 is 0 Å². The molecule has 0 saturated heterocycles. The first kappa shape index (κ1) is 23.2. The van der Waals surface area contributed by atoms with Crippen LogP contribution < -0.4 is 19.5 Å². The first-order valence-electron chi connectivity index (χ1n) is 9.92. The molecule has 0 aliphatic heterocycles. The molecule has 1 aromatic rings. The van der Waals surface area contributed by atoms with Crippen molar-refractivity contribution in [1.29, 1.82) is 0 Å². The van der Waals surface area contributed by atoms with Gasteiger partial charge in [-0.2, -0.15) is 0 Å². The number of rotatable bonds is 5. The summed E-state index contributed by atoms with van der Waals surface area (Å²) in [4.78, 5) is 12.0. The number of hydrogen-bond acceptors (Lipinski definition) is 6. The van der Waals surface area contributed by atoms with Crippen LogP contribution in [0.1, 0.15) is 31.4 Å². The highest BCUT2D eigenvalue weighted by Crippen LogP contribution is 2.51. The van der Waals surface area contributed by atoms with Gasteiger partial charge in [-0.05, 0) is 54.2 Å². The van der Waals surface area contributed by atoms with E-state index < -0.39 is 6.10 Å². The quantitative estimate of drug-likeness (QED) is 0.652. The predicted molar refractivity (Wildman–Crippen MR) is 122 cm³/mol. The Kier molecular flexibility index (Phi) is 7.01. The van der Waals surface area contributed by atoms with E-state index in [0.29, 0.717) is 40.3 Å². The van der Waals surface area contributed by atoms with Crippen molar-refractivity contribution in [2.24, 2.45) is 0 Å². The van der Waals surface area contributed by atoms with E-state index in [1.807, 2.05) is 19.1 Å². The molecular weight excluding hydrogens is 466 g/mol. The van der Waals surface area contributed by atoms with Gasteiger partial charge in [0.25, 0.3) is 0 Å². The summed E-state index contributed by atoms with van der Waals surface area (Å²) in [5.74, 6) is 1.87. The van der Waals surface area contributed by atoms with E-state index in [4.69, 9.17) is 18.9 Å². The lowest BCUT2D eigenvalue weighted by Gasteiger charge is -2.25. The average molecular weight is 494 g/mol. The molecule has 1 unspecified atom stereocenters. The molecule has 3 rings (SSSR count). The van der Waals surface area contributed by atoms with Gasteiger partial charge in [0.05, 0.1) is 34.5 Å². The van der Waals surface area contributed by atoms with Crippen LogP contribution in [0, 0.1) is 0 Å². The molecule has 0 heterocycles. The summed E-state index contributed by atoms with van der Waals surface area (Å²) in [7, 11) is 6.26. The lowest BCUT2D eigenvalue weighted by Crippen LogP contribution is -2.35. The molecule has 2 aliphatic carbocycles. The zero-order valence-electron chi connectivity index (χ0n) is 18.6. The number of carbonyl (C=O) groups is 1. The van der Waals surface area contributed by atoms with Gasteiger partial charge in [-0.3, -0.25) is 4.79 Å². The Morgan fingerprint density at radius 1 is 1.13 bits per heavy atom. The van der Waals surface area contributed by atoms with Gasteiger partial charge < -0.3 is 29.4 Å². The Labute approximate surface area is 190 Å². The number of carbonyl (C=O) groups excluding carboxylic acids is 1. The fourth-order valence-corrected chi connectivity index (χ4v) is 5.04. The second-order valence-corrected chi connectivity index (χ2v) is 8.30. The summed E-state index contributed by atoms with van der Waals surface area (Å²) in [6.07, 6.45) is 2.24. The van der Waals surface area contributed by atoms with Crippen LogP contribution in [0.25, 0.3) is 5.57 Å². The van der Waals surface area contributed by atoms with E-state index in [2.05, 4.69) is 21.2 Å². The maximum atomic E-state index is 12.0. The second kappa shape index (κ2) is 9.36. The SMILES string of the molecule is COC1=C(C)C=C2C(=C(Br)C1O)[C@@H](NC(C)=O)CCc1cc(OC)c(OC)c(OC)c12. The van der Waals surface area contributed by atoms with Gasteiger partial charge in [0.15, 0.2) is 11.5 Å². The number of amides is 1. The minimum Gasteiger partial charge on any atom is -0.498 e. The van der Waals surface area contributed by atoms with E-state index in [0.717, 1.165) is 27.8 Å². The molecule has 2 atom stereocenters. The molecule has 1 aromatic carbocycles. The van der Waals surface area contributed by atoms with Crippen LogP contribution in [-0.4, -0.2) is 51.6 Å². The van der Waals surface area contributed by atoms with Crippen LogP contribution in [0.3, 0.4) is 0 Å². The molecule has 8 heteroatoms. The second-order valence-electron chi connectivity index (χ2n) is 7.44. The third-order valence-corrected chi connectivity index (χ3v) is 6.48. The van der Waals surface area contributed by atoms with Crippen LogP contribution in [0.4, 0.5) is 0 Å². The van der Waals surface area contributed by atoms with Crippen LogP contribution in [0.2, 0.25) is 0 Å². The first-order valence-corrected chi connectivity index (χ1v) is 10.7. The van der Waals surface area contributed by atoms with Crippen LogP contribution in [0.15, 0.2) is 33.5 Å². The van der Waals surface area contributed by atoms with Gasteiger partial charge in [0.2, 0.25) is 11.7 Å². The van der Waals surface area contributed by atoms with Crippen LogP contribution in [-0.2, 0) is 16.0 Å². The highest BCUT2D eigenvalue weighted by molar-refractivity contribution is 9.11. The monoisotopic (exact) mass is 493 g/mol. The minimum absolute atomic E-state index is 0.152. The van der Waals surface area contributed by atoms with E-state index >= 15 is 0 Å². The summed E-state index contributed by atoms with van der Waals surface area (Å²) in [6, 6.07) is 1.61. The Balaban J connectivity index is 2.43. The fourth-order valence-electron chi connectivity index (χ4n) is 4.34. The summed E-state index contributed by atoms with van der Waals surface area (Å²) in [5.41, 5.74) is 4.19. The van der Waals surface area contributed by atoms with Crippen molar-refractivity contribution in [2.45, 2.75) is 38.8 Å².